The predicted molar refractivity (Wildman–Crippen MR) is 67.1 cm³/mol. The van der Waals surface area contributed by atoms with Crippen LogP contribution in [-0.4, -0.2) is 58.0 Å². The van der Waals surface area contributed by atoms with Crippen LogP contribution in [0.4, 0.5) is 8.78 Å². The largest absolute Gasteiger partial charge is 0.374 e. The van der Waals surface area contributed by atoms with E-state index in [1.807, 2.05) is 0 Å². The lowest BCUT2D eigenvalue weighted by Crippen LogP contribution is -2.52. The summed E-state index contributed by atoms with van der Waals surface area (Å²) < 4.78 is 55.9. The highest BCUT2D eigenvalue weighted by Crippen LogP contribution is 2.18. The molecule has 1 rings (SSSR count). The maximum atomic E-state index is 12.0. The molecule has 0 radical (unpaired) electrons. The summed E-state index contributed by atoms with van der Waals surface area (Å²) >= 11 is 0. The van der Waals surface area contributed by atoms with E-state index in [1.54, 1.807) is 0 Å². The topological polar surface area (TPSA) is 84.7 Å². The molecule has 1 aliphatic heterocycles. The maximum Gasteiger partial charge on any atom is 0.279 e. The van der Waals surface area contributed by atoms with Crippen molar-refractivity contribution >= 4 is 10.2 Å². The minimum absolute atomic E-state index is 0.0250. The van der Waals surface area contributed by atoms with Gasteiger partial charge in [-0.2, -0.15) is 17.4 Å². The first-order valence-electron chi connectivity index (χ1n) is 6.29. The highest BCUT2D eigenvalue weighted by molar-refractivity contribution is 7.87. The third kappa shape index (κ3) is 5.65. The molecule has 0 aromatic carbocycles. The Kier molecular flexibility index (Phi) is 7.08. The quantitative estimate of drug-likeness (QED) is 0.614. The third-order valence-corrected chi connectivity index (χ3v) is 4.60. The van der Waals surface area contributed by atoms with E-state index < -0.39 is 23.2 Å². The van der Waals surface area contributed by atoms with Crippen LogP contribution in [0.5, 0.6) is 0 Å². The molecule has 0 amide bonds. The second-order valence-corrected chi connectivity index (χ2v) is 6.07. The fourth-order valence-corrected chi connectivity index (χ4v) is 3.48. The molecule has 114 valence electrons. The number of alkyl halides is 2. The van der Waals surface area contributed by atoms with Crippen LogP contribution in [-0.2, 0) is 14.9 Å². The fourth-order valence-electron chi connectivity index (χ4n) is 2.02. The first-order chi connectivity index (χ1) is 8.97. The Labute approximate surface area is 112 Å². The Bertz CT molecular complexity index is 354. The van der Waals surface area contributed by atoms with Gasteiger partial charge in [0.05, 0.1) is 6.61 Å². The number of rotatable bonds is 8. The van der Waals surface area contributed by atoms with Gasteiger partial charge in [-0.3, -0.25) is 0 Å². The molecule has 0 aromatic heterocycles. The number of piperidine rings is 1. The summed E-state index contributed by atoms with van der Waals surface area (Å²) in [6.45, 7) is -0.0672. The monoisotopic (exact) mass is 301 g/mol. The summed E-state index contributed by atoms with van der Waals surface area (Å²) in [7, 11) is -3.61. The van der Waals surface area contributed by atoms with Gasteiger partial charge in [-0.05, 0) is 12.8 Å². The fraction of sp³-hybridized carbons (Fsp3) is 1.00. The molecule has 0 aromatic rings. The van der Waals surface area contributed by atoms with Crippen molar-refractivity contribution in [2.45, 2.75) is 31.7 Å². The number of halogens is 2. The van der Waals surface area contributed by atoms with Crippen molar-refractivity contribution in [1.29, 1.82) is 0 Å². The summed E-state index contributed by atoms with van der Waals surface area (Å²) in [6.07, 6.45) is -0.0235. The SMILES string of the molecule is NCC1CCCCN1S(=O)(=O)NCCOCC(F)F. The number of ether oxygens (including phenoxy) is 1. The lowest BCUT2D eigenvalue weighted by molar-refractivity contribution is 0.0198. The molecule has 1 unspecified atom stereocenters. The lowest BCUT2D eigenvalue weighted by atomic mass is 10.1. The van der Waals surface area contributed by atoms with Gasteiger partial charge in [0, 0.05) is 25.7 Å². The van der Waals surface area contributed by atoms with E-state index in [2.05, 4.69) is 9.46 Å². The maximum absolute atomic E-state index is 12.0. The highest BCUT2D eigenvalue weighted by atomic mass is 32.2. The Hall–Kier alpha value is -0.350. The van der Waals surface area contributed by atoms with E-state index in [4.69, 9.17) is 5.73 Å². The zero-order valence-electron chi connectivity index (χ0n) is 10.7. The predicted octanol–water partition coefficient (Wildman–Crippen LogP) is -0.0843. The summed E-state index contributed by atoms with van der Waals surface area (Å²) in [5, 5.41) is 0. The Morgan fingerprint density at radius 1 is 1.42 bits per heavy atom. The molecule has 9 heteroatoms. The first kappa shape index (κ1) is 16.7. The van der Waals surface area contributed by atoms with E-state index in [1.165, 1.54) is 4.31 Å². The van der Waals surface area contributed by atoms with Crippen molar-refractivity contribution in [3.63, 3.8) is 0 Å². The van der Waals surface area contributed by atoms with E-state index >= 15 is 0 Å². The molecule has 1 aliphatic rings. The minimum Gasteiger partial charge on any atom is -0.374 e. The van der Waals surface area contributed by atoms with E-state index in [0.29, 0.717) is 6.54 Å². The van der Waals surface area contributed by atoms with Gasteiger partial charge in [-0.25, -0.2) is 8.78 Å². The molecule has 1 heterocycles. The van der Waals surface area contributed by atoms with Gasteiger partial charge in [0.1, 0.15) is 6.61 Å². The summed E-state index contributed by atoms with van der Waals surface area (Å²) in [4.78, 5) is 0. The molecule has 1 fully saturated rings. The first-order valence-corrected chi connectivity index (χ1v) is 7.73. The van der Waals surface area contributed by atoms with E-state index in [0.717, 1.165) is 19.3 Å². The standard InChI is InChI=1S/C10H21F2N3O3S/c11-10(12)8-18-6-4-14-19(16,17)15-5-2-1-3-9(15)7-13/h9-10,14H,1-8,13H2. The molecule has 0 bridgehead atoms. The zero-order valence-corrected chi connectivity index (χ0v) is 11.5. The van der Waals surface area contributed by atoms with Crippen molar-refractivity contribution < 1.29 is 21.9 Å². The van der Waals surface area contributed by atoms with Gasteiger partial charge in [-0.15, -0.1) is 0 Å². The van der Waals surface area contributed by atoms with Gasteiger partial charge in [0.15, 0.2) is 0 Å². The van der Waals surface area contributed by atoms with Crippen LogP contribution in [0.2, 0.25) is 0 Å². The third-order valence-electron chi connectivity index (χ3n) is 2.93. The molecule has 6 nitrogen and oxygen atoms in total. The van der Waals surface area contributed by atoms with Gasteiger partial charge in [0.2, 0.25) is 0 Å². The van der Waals surface area contributed by atoms with Crippen molar-refractivity contribution in [3.8, 4) is 0 Å². The van der Waals surface area contributed by atoms with Crippen LogP contribution < -0.4 is 10.5 Å². The molecular formula is C10H21F2N3O3S. The number of nitrogens with one attached hydrogen (secondary N) is 1. The summed E-state index contributed by atoms with van der Waals surface area (Å²) in [6, 6.07) is -0.187. The van der Waals surface area contributed by atoms with Crippen LogP contribution in [0.15, 0.2) is 0 Å². The number of nitrogens with zero attached hydrogens (tertiary/aromatic N) is 1. The summed E-state index contributed by atoms with van der Waals surface area (Å²) in [5.41, 5.74) is 5.56. The van der Waals surface area contributed by atoms with Crippen LogP contribution in [0.3, 0.4) is 0 Å². The lowest BCUT2D eigenvalue weighted by Gasteiger charge is -2.33. The molecule has 0 aliphatic carbocycles. The van der Waals surface area contributed by atoms with Crippen LogP contribution >= 0.6 is 0 Å². The number of hydrogen-bond donors (Lipinski definition) is 2. The summed E-state index contributed by atoms with van der Waals surface area (Å²) in [5.74, 6) is 0. The van der Waals surface area contributed by atoms with Gasteiger partial charge < -0.3 is 10.5 Å². The van der Waals surface area contributed by atoms with E-state index in [9.17, 15) is 17.2 Å². The Morgan fingerprint density at radius 2 is 2.16 bits per heavy atom. The van der Waals surface area contributed by atoms with Crippen LogP contribution in [0.1, 0.15) is 19.3 Å². The molecule has 0 saturated carbocycles. The van der Waals surface area contributed by atoms with Crippen molar-refractivity contribution in [1.82, 2.24) is 9.03 Å². The van der Waals surface area contributed by atoms with Crippen LogP contribution in [0.25, 0.3) is 0 Å². The second-order valence-electron chi connectivity index (χ2n) is 4.36. The van der Waals surface area contributed by atoms with Crippen molar-refractivity contribution in [2.75, 3.05) is 32.8 Å². The smallest absolute Gasteiger partial charge is 0.279 e. The Balaban J connectivity index is 2.37. The molecule has 19 heavy (non-hydrogen) atoms. The highest BCUT2D eigenvalue weighted by Gasteiger charge is 2.30. The zero-order chi connectivity index (χ0) is 14.3. The van der Waals surface area contributed by atoms with Crippen molar-refractivity contribution in [2.24, 2.45) is 5.73 Å². The molecule has 1 saturated heterocycles. The average Bonchev–Trinajstić information content (AvgIpc) is 2.37. The van der Waals surface area contributed by atoms with Crippen LogP contribution in [0, 0.1) is 0 Å². The molecule has 1 atom stereocenters. The van der Waals surface area contributed by atoms with Gasteiger partial charge >= 0.3 is 0 Å². The second kappa shape index (κ2) is 8.05. The molecule has 0 spiro atoms. The molecular weight excluding hydrogens is 280 g/mol. The van der Waals surface area contributed by atoms with E-state index in [-0.39, 0.29) is 25.7 Å². The normalized spacial score (nSPS) is 22.0. The Morgan fingerprint density at radius 3 is 2.79 bits per heavy atom. The van der Waals surface area contributed by atoms with Gasteiger partial charge in [0.25, 0.3) is 16.6 Å². The minimum atomic E-state index is -3.61. The number of hydrogen-bond acceptors (Lipinski definition) is 4. The van der Waals surface area contributed by atoms with Crippen molar-refractivity contribution in [3.05, 3.63) is 0 Å². The van der Waals surface area contributed by atoms with Gasteiger partial charge in [-0.1, -0.05) is 6.42 Å². The average molecular weight is 301 g/mol. The number of nitrogens with two attached hydrogens (primary N) is 1. The molecule has 3 N–H and O–H groups in total.